The van der Waals surface area contributed by atoms with Crippen LogP contribution in [-0.2, 0) is 27.2 Å². The van der Waals surface area contributed by atoms with Crippen LogP contribution >= 0.6 is 0 Å². The van der Waals surface area contributed by atoms with E-state index in [0.29, 0.717) is 30.2 Å². The van der Waals surface area contributed by atoms with Gasteiger partial charge in [0.2, 0.25) is 5.78 Å². The number of benzene rings is 1. The standard InChI is InChI=1S/C22H29NO6/c1-6-28-14-22(25)29-13-19(24)18-11-15(2)23(16(18)3)10-9-17-7-8-20(26-4)21(12-17)27-5/h7-8,11-12H,6,9-10,13-14H2,1-5H3. The first-order valence-corrected chi connectivity index (χ1v) is 9.55. The van der Waals surface area contributed by atoms with Gasteiger partial charge in [0.15, 0.2) is 18.1 Å². The van der Waals surface area contributed by atoms with Crippen molar-refractivity contribution in [2.75, 3.05) is 34.0 Å². The van der Waals surface area contributed by atoms with Crippen LogP contribution in [0.25, 0.3) is 0 Å². The molecular formula is C22H29NO6. The van der Waals surface area contributed by atoms with Crippen molar-refractivity contribution >= 4 is 11.8 Å². The van der Waals surface area contributed by atoms with Crippen molar-refractivity contribution in [3.63, 3.8) is 0 Å². The van der Waals surface area contributed by atoms with E-state index >= 15 is 0 Å². The minimum absolute atomic E-state index is 0.145. The van der Waals surface area contributed by atoms with Gasteiger partial charge in [-0.2, -0.15) is 0 Å². The number of Topliss-reactive ketones (excluding diaryl/α,β-unsaturated/α-hetero) is 1. The molecule has 0 saturated heterocycles. The lowest BCUT2D eigenvalue weighted by Gasteiger charge is -2.12. The summed E-state index contributed by atoms with van der Waals surface area (Å²) in [5.74, 6) is 0.620. The molecule has 158 valence electrons. The topological polar surface area (TPSA) is 76.0 Å². The largest absolute Gasteiger partial charge is 0.493 e. The number of methoxy groups -OCH3 is 2. The normalized spacial score (nSPS) is 10.7. The Morgan fingerprint density at radius 3 is 2.38 bits per heavy atom. The number of hydrogen-bond acceptors (Lipinski definition) is 6. The van der Waals surface area contributed by atoms with Gasteiger partial charge in [0.1, 0.15) is 6.61 Å². The van der Waals surface area contributed by atoms with Gasteiger partial charge in [-0.15, -0.1) is 0 Å². The van der Waals surface area contributed by atoms with Gasteiger partial charge in [-0.05, 0) is 51.0 Å². The monoisotopic (exact) mass is 403 g/mol. The number of carbonyl (C=O) groups is 2. The third-order valence-corrected chi connectivity index (χ3v) is 4.73. The fourth-order valence-electron chi connectivity index (χ4n) is 3.16. The quantitative estimate of drug-likeness (QED) is 0.424. The van der Waals surface area contributed by atoms with Crippen LogP contribution in [0.3, 0.4) is 0 Å². The van der Waals surface area contributed by atoms with Crippen molar-refractivity contribution in [3.05, 3.63) is 46.8 Å². The first-order valence-electron chi connectivity index (χ1n) is 9.55. The highest BCUT2D eigenvalue weighted by Crippen LogP contribution is 2.28. The third-order valence-electron chi connectivity index (χ3n) is 4.73. The van der Waals surface area contributed by atoms with Gasteiger partial charge in [-0.1, -0.05) is 6.07 Å². The molecule has 29 heavy (non-hydrogen) atoms. The van der Waals surface area contributed by atoms with E-state index in [1.54, 1.807) is 21.1 Å². The molecule has 0 atom stereocenters. The van der Waals surface area contributed by atoms with Gasteiger partial charge >= 0.3 is 5.97 Å². The fourth-order valence-corrected chi connectivity index (χ4v) is 3.16. The molecule has 0 aliphatic heterocycles. The van der Waals surface area contributed by atoms with E-state index in [0.717, 1.165) is 23.4 Å². The Morgan fingerprint density at radius 2 is 1.72 bits per heavy atom. The molecule has 0 spiro atoms. The molecule has 0 amide bonds. The van der Waals surface area contributed by atoms with Crippen molar-refractivity contribution in [1.82, 2.24) is 4.57 Å². The summed E-state index contributed by atoms with van der Waals surface area (Å²) in [7, 11) is 3.22. The predicted octanol–water partition coefficient (Wildman–Crippen LogP) is 3.13. The highest BCUT2D eigenvalue weighted by atomic mass is 16.6. The Bertz CT molecular complexity index is 855. The van der Waals surface area contributed by atoms with Crippen LogP contribution in [0.1, 0.15) is 34.2 Å². The first-order chi connectivity index (χ1) is 13.9. The van der Waals surface area contributed by atoms with Crippen molar-refractivity contribution in [3.8, 4) is 11.5 Å². The Morgan fingerprint density at radius 1 is 1.00 bits per heavy atom. The molecule has 7 heteroatoms. The molecule has 0 fully saturated rings. The average molecular weight is 403 g/mol. The Hall–Kier alpha value is -2.80. The zero-order valence-corrected chi connectivity index (χ0v) is 17.7. The maximum Gasteiger partial charge on any atom is 0.332 e. The number of ether oxygens (including phenoxy) is 4. The second-order valence-electron chi connectivity index (χ2n) is 6.60. The van der Waals surface area contributed by atoms with E-state index in [1.165, 1.54) is 0 Å². The number of aryl methyl sites for hydroxylation is 2. The first kappa shape index (κ1) is 22.5. The summed E-state index contributed by atoms with van der Waals surface area (Å²) in [6.45, 7) is 6.35. The predicted molar refractivity (Wildman–Crippen MR) is 109 cm³/mol. The maximum absolute atomic E-state index is 12.5. The highest BCUT2D eigenvalue weighted by Gasteiger charge is 2.17. The van der Waals surface area contributed by atoms with Crippen molar-refractivity contribution in [2.45, 2.75) is 33.7 Å². The summed E-state index contributed by atoms with van der Waals surface area (Å²) in [5, 5.41) is 0. The number of ketones is 1. The van der Waals surface area contributed by atoms with Crippen molar-refractivity contribution < 1.29 is 28.5 Å². The molecule has 0 radical (unpaired) electrons. The van der Waals surface area contributed by atoms with Crippen molar-refractivity contribution in [1.29, 1.82) is 0 Å². The summed E-state index contributed by atoms with van der Waals surface area (Å²) in [5.41, 5.74) is 3.51. The van der Waals surface area contributed by atoms with E-state index in [1.807, 2.05) is 38.1 Å². The maximum atomic E-state index is 12.5. The lowest BCUT2D eigenvalue weighted by molar-refractivity contribution is -0.147. The average Bonchev–Trinajstić information content (AvgIpc) is 3.02. The van der Waals surface area contributed by atoms with Gasteiger partial charge in [-0.3, -0.25) is 4.79 Å². The molecule has 0 aliphatic carbocycles. The summed E-state index contributed by atoms with van der Waals surface area (Å²) in [6, 6.07) is 7.67. The van der Waals surface area contributed by atoms with Crippen LogP contribution in [0.2, 0.25) is 0 Å². The lowest BCUT2D eigenvalue weighted by atomic mass is 10.1. The molecule has 1 aromatic heterocycles. The molecule has 2 rings (SSSR count). The minimum Gasteiger partial charge on any atom is -0.493 e. The molecule has 1 heterocycles. The number of esters is 1. The third kappa shape index (κ3) is 5.84. The van der Waals surface area contributed by atoms with Gasteiger partial charge in [-0.25, -0.2) is 4.79 Å². The molecule has 0 bridgehead atoms. The van der Waals surface area contributed by atoms with E-state index in [2.05, 4.69) is 4.57 Å². The zero-order valence-electron chi connectivity index (χ0n) is 17.7. The number of hydrogen-bond donors (Lipinski definition) is 0. The van der Waals surface area contributed by atoms with E-state index in [4.69, 9.17) is 18.9 Å². The Kier molecular flexibility index (Phi) is 8.27. The molecular weight excluding hydrogens is 374 g/mol. The summed E-state index contributed by atoms with van der Waals surface area (Å²) in [4.78, 5) is 24.0. The molecule has 0 aliphatic rings. The van der Waals surface area contributed by atoms with Crippen LogP contribution < -0.4 is 9.47 Å². The van der Waals surface area contributed by atoms with Crippen LogP contribution in [0.4, 0.5) is 0 Å². The second kappa shape index (κ2) is 10.7. The minimum atomic E-state index is -0.539. The van der Waals surface area contributed by atoms with Gasteiger partial charge in [0.05, 0.1) is 14.2 Å². The number of aromatic nitrogens is 1. The Balaban J connectivity index is 2.03. The zero-order chi connectivity index (χ0) is 21.4. The van der Waals surface area contributed by atoms with E-state index < -0.39 is 5.97 Å². The SMILES string of the molecule is CCOCC(=O)OCC(=O)c1cc(C)n(CCc2ccc(OC)c(OC)c2)c1C. The smallest absolute Gasteiger partial charge is 0.332 e. The lowest BCUT2D eigenvalue weighted by Crippen LogP contribution is -2.18. The number of nitrogens with zero attached hydrogens (tertiary/aromatic N) is 1. The van der Waals surface area contributed by atoms with Crippen LogP contribution in [0.15, 0.2) is 24.3 Å². The molecule has 0 N–H and O–H groups in total. The van der Waals surface area contributed by atoms with Gasteiger partial charge in [0.25, 0.3) is 0 Å². The summed E-state index contributed by atoms with van der Waals surface area (Å²) < 4.78 is 22.7. The molecule has 2 aromatic rings. The molecule has 0 unspecified atom stereocenters. The van der Waals surface area contributed by atoms with Crippen LogP contribution in [0, 0.1) is 13.8 Å². The van der Waals surface area contributed by atoms with E-state index in [9.17, 15) is 9.59 Å². The highest BCUT2D eigenvalue weighted by molar-refractivity contribution is 5.99. The Labute approximate surface area is 171 Å². The fraction of sp³-hybridized carbons (Fsp3) is 0.455. The molecule has 7 nitrogen and oxygen atoms in total. The second-order valence-corrected chi connectivity index (χ2v) is 6.60. The van der Waals surface area contributed by atoms with E-state index in [-0.39, 0.29) is 19.0 Å². The summed E-state index contributed by atoms with van der Waals surface area (Å²) >= 11 is 0. The molecule has 1 aromatic carbocycles. The summed E-state index contributed by atoms with van der Waals surface area (Å²) in [6.07, 6.45) is 0.772. The number of carbonyl (C=O) groups excluding carboxylic acids is 2. The van der Waals surface area contributed by atoms with Crippen LogP contribution in [0.5, 0.6) is 11.5 Å². The van der Waals surface area contributed by atoms with Crippen molar-refractivity contribution in [2.24, 2.45) is 0 Å². The number of rotatable bonds is 11. The molecule has 0 saturated carbocycles. The van der Waals surface area contributed by atoms with Gasteiger partial charge in [0, 0.05) is 30.1 Å². The van der Waals surface area contributed by atoms with Gasteiger partial charge < -0.3 is 23.5 Å². The van der Waals surface area contributed by atoms with Crippen LogP contribution in [-0.4, -0.2) is 50.4 Å².